The Balaban J connectivity index is 1.66. The Labute approximate surface area is 226 Å². The summed E-state index contributed by atoms with van der Waals surface area (Å²) in [6, 6.07) is 20.5. The first kappa shape index (κ1) is 27.5. The number of carbonyl (C=O) groups is 3. The van der Waals surface area contributed by atoms with Crippen molar-refractivity contribution in [3.63, 3.8) is 0 Å². The van der Waals surface area contributed by atoms with Gasteiger partial charge in [0.05, 0.1) is 11.8 Å². The fraction of sp³-hybridized carbons (Fsp3) is 0.267. The van der Waals surface area contributed by atoms with Crippen molar-refractivity contribution in [3.05, 3.63) is 101 Å². The molecule has 0 aliphatic heterocycles. The number of imidazole rings is 1. The molecule has 1 aromatic heterocycles. The fourth-order valence-electron chi connectivity index (χ4n) is 4.50. The van der Waals surface area contributed by atoms with Crippen molar-refractivity contribution in [2.75, 3.05) is 6.54 Å². The number of nitrogens with one attached hydrogen (secondary N) is 1. The van der Waals surface area contributed by atoms with Crippen molar-refractivity contribution in [2.45, 2.75) is 45.7 Å². The molecule has 9 nitrogen and oxygen atoms in total. The van der Waals surface area contributed by atoms with Crippen LogP contribution in [0.2, 0.25) is 0 Å². The minimum atomic E-state index is -1.00. The summed E-state index contributed by atoms with van der Waals surface area (Å²) in [5.74, 6) is -1.10. The zero-order valence-electron chi connectivity index (χ0n) is 21.8. The van der Waals surface area contributed by atoms with Crippen LogP contribution in [0.4, 0.5) is 0 Å². The number of carboxylic acids is 1. The van der Waals surface area contributed by atoms with E-state index in [4.69, 9.17) is 5.21 Å². The third kappa shape index (κ3) is 6.88. The topological polar surface area (TPSA) is 125 Å². The van der Waals surface area contributed by atoms with Crippen molar-refractivity contribution >= 4 is 28.6 Å². The predicted octanol–water partition coefficient (Wildman–Crippen LogP) is 4.66. The van der Waals surface area contributed by atoms with Crippen LogP contribution >= 0.6 is 0 Å². The number of hydroxylamine groups is 1. The molecule has 0 saturated heterocycles. The van der Waals surface area contributed by atoms with Crippen molar-refractivity contribution in [3.8, 4) is 0 Å². The van der Waals surface area contributed by atoms with Crippen LogP contribution in [0, 0.1) is 0 Å². The quantitative estimate of drug-likeness (QED) is 0.181. The maximum absolute atomic E-state index is 13.9. The summed E-state index contributed by atoms with van der Waals surface area (Å²) in [6.45, 7) is 2.80. The molecule has 0 fully saturated rings. The number of benzene rings is 3. The van der Waals surface area contributed by atoms with Gasteiger partial charge in [0.15, 0.2) is 0 Å². The summed E-state index contributed by atoms with van der Waals surface area (Å²) in [5.41, 5.74) is 3.96. The molecule has 0 atom stereocenters. The average Bonchev–Trinajstić information content (AvgIpc) is 3.35. The third-order valence-corrected chi connectivity index (χ3v) is 6.66. The number of aromatic nitrogens is 2. The van der Waals surface area contributed by atoms with Gasteiger partial charge in [-0.15, -0.1) is 0 Å². The van der Waals surface area contributed by atoms with E-state index in [1.165, 1.54) is 0 Å². The Morgan fingerprint density at radius 3 is 2.38 bits per heavy atom. The Morgan fingerprint density at radius 2 is 1.69 bits per heavy atom. The Kier molecular flexibility index (Phi) is 9.06. The van der Waals surface area contributed by atoms with Crippen LogP contribution in [0.15, 0.2) is 72.9 Å². The number of hydrogen-bond acceptors (Lipinski definition) is 5. The van der Waals surface area contributed by atoms with E-state index in [2.05, 4.69) is 11.9 Å². The van der Waals surface area contributed by atoms with Gasteiger partial charge in [0, 0.05) is 32.5 Å². The largest absolute Gasteiger partial charge is 0.478 e. The maximum atomic E-state index is 13.9. The van der Waals surface area contributed by atoms with Gasteiger partial charge < -0.3 is 14.6 Å². The molecule has 3 N–H and O–H groups in total. The van der Waals surface area contributed by atoms with Crippen LogP contribution in [-0.2, 0) is 24.3 Å². The lowest BCUT2D eigenvalue weighted by Crippen LogP contribution is -2.35. The fourth-order valence-corrected chi connectivity index (χ4v) is 4.50. The van der Waals surface area contributed by atoms with Crippen LogP contribution in [0.1, 0.15) is 64.0 Å². The summed E-state index contributed by atoms with van der Waals surface area (Å²) in [6.07, 6.45) is 4.06. The van der Waals surface area contributed by atoms with E-state index in [0.717, 1.165) is 40.6 Å². The van der Waals surface area contributed by atoms with E-state index < -0.39 is 11.9 Å². The number of rotatable bonds is 12. The standard InChI is InChI=1S/C30H32N4O5/c1-2-3-8-27-31-18-26(34(27)20-21-9-13-24(14-10-21)30(37)38)29(36)33(16-15-28(35)32-39)19-22-11-12-23-6-4-5-7-25(23)17-22/h4-7,9-14,17-18,39H,2-3,8,15-16,19-20H2,1H3,(H,32,35)(H,37,38). The molecule has 0 bridgehead atoms. The number of carboxylic acid groups (broad SMARTS) is 1. The number of aromatic carboxylic acids is 1. The molecule has 0 radical (unpaired) electrons. The van der Waals surface area contributed by atoms with Gasteiger partial charge in [-0.2, -0.15) is 0 Å². The van der Waals surface area contributed by atoms with Crippen molar-refractivity contribution in [2.24, 2.45) is 0 Å². The highest BCUT2D eigenvalue weighted by molar-refractivity contribution is 5.93. The highest BCUT2D eigenvalue weighted by Crippen LogP contribution is 2.20. The predicted molar refractivity (Wildman–Crippen MR) is 147 cm³/mol. The minimum absolute atomic E-state index is 0.0662. The first-order valence-corrected chi connectivity index (χ1v) is 13.0. The normalized spacial score (nSPS) is 10.9. The number of unbranched alkanes of at least 4 members (excludes halogenated alkanes) is 1. The molecule has 9 heteroatoms. The van der Waals surface area contributed by atoms with Gasteiger partial charge in [0.1, 0.15) is 11.5 Å². The van der Waals surface area contributed by atoms with Crippen molar-refractivity contribution < 1.29 is 24.7 Å². The van der Waals surface area contributed by atoms with E-state index in [9.17, 15) is 19.5 Å². The molecule has 1 heterocycles. The zero-order chi connectivity index (χ0) is 27.8. The van der Waals surface area contributed by atoms with Crippen LogP contribution in [0.25, 0.3) is 10.8 Å². The lowest BCUT2D eigenvalue weighted by atomic mass is 10.1. The molecule has 3 aromatic carbocycles. The van der Waals surface area contributed by atoms with Gasteiger partial charge in [-0.05, 0) is 46.5 Å². The zero-order valence-corrected chi connectivity index (χ0v) is 21.8. The number of fused-ring (bicyclic) bond motifs is 1. The molecule has 0 saturated carbocycles. The van der Waals surface area contributed by atoms with Crippen LogP contribution in [-0.4, -0.2) is 49.1 Å². The first-order valence-electron chi connectivity index (χ1n) is 13.0. The van der Waals surface area contributed by atoms with Crippen molar-refractivity contribution in [1.29, 1.82) is 0 Å². The van der Waals surface area contributed by atoms with Crippen molar-refractivity contribution in [1.82, 2.24) is 19.9 Å². The van der Waals surface area contributed by atoms with E-state index in [-0.39, 0.29) is 31.0 Å². The number of amides is 2. The van der Waals surface area contributed by atoms with E-state index in [1.54, 1.807) is 40.8 Å². The molecule has 0 aliphatic rings. The van der Waals surface area contributed by atoms with Gasteiger partial charge in [0.2, 0.25) is 5.91 Å². The van der Waals surface area contributed by atoms with E-state index >= 15 is 0 Å². The number of aryl methyl sites for hydroxylation is 1. The van der Waals surface area contributed by atoms with Crippen LogP contribution in [0.3, 0.4) is 0 Å². The highest BCUT2D eigenvalue weighted by Gasteiger charge is 2.23. The smallest absolute Gasteiger partial charge is 0.335 e. The number of carbonyl (C=O) groups excluding carboxylic acids is 2. The minimum Gasteiger partial charge on any atom is -0.478 e. The molecule has 202 valence electrons. The molecule has 0 spiro atoms. The summed E-state index contributed by atoms with van der Waals surface area (Å²) in [7, 11) is 0. The summed E-state index contributed by atoms with van der Waals surface area (Å²) in [5, 5.41) is 20.4. The Hall–Kier alpha value is -4.50. The van der Waals surface area contributed by atoms with Crippen LogP contribution in [0.5, 0.6) is 0 Å². The summed E-state index contributed by atoms with van der Waals surface area (Å²) < 4.78 is 1.87. The Morgan fingerprint density at radius 1 is 0.974 bits per heavy atom. The molecular weight excluding hydrogens is 496 g/mol. The number of nitrogens with zero attached hydrogens (tertiary/aromatic N) is 3. The second-order valence-electron chi connectivity index (χ2n) is 9.44. The summed E-state index contributed by atoms with van der Waals surface area (Å²) >= 11 is 0. The molecular formula is C30H32N4O5. The summed E-state index contributed by atoms with van der Waals surface area (Å²) in [4.78, 5) is 43.2. The monoisotopic (exact) mass is 528 g/mol. The third-order valence-electron chi connectivity index (χ3n) is 6.66. The maximum Gasteiger partial charge on any atom is 0.335 e. The average molecular weight is 529 g/mol. The molecule has 4 rings (SSSR count). The van der Waals surface area contributed by atoms with Crippen LogP contribution < -0.4 is 5.48 Å². The van der Waals surface area contributed by atoms with E-state index in [0.29, 0.717) is 18.7 Å². The molecule has 0 unspecified atom stereocenters. The second kappa shape index (κ2) is 12.8. The SMILES string of the molecule is CCCCc1ncc(C(=O)N(CCC(=O)NO)Cc2ccc3ccccc3c2)n1Cc1ccc(C(=O)O)cc1. The first-order chi connectivity index (χ1) is 18.9. The molecule has 39 heavy (non-hydrogen) atoms. The van der Waals surface area contributed by atoms with E-state index in [1.807, 2.05) is 47.0 Å². The highest BCUT2D eigenvalue weighted by atomic mass is 16.5. The Bertz CT molecular complexity index is 1460. The molecule has 2 amide bonds. The molecule has 4 aromatic rings. The molecule has 0 aliphatic carbocycles. The van der Waals surface area contributed by atoms with Gasteiger partial charge >= 0.3 is 5.97 Å². The van der Waals surface area contributed by atoms with Gasteiger partial charge in [-0.25, -0.2) is 15.3 Å². The van der Waals surface area contributed by atoms with Gasteiger partial charge in [-0.1, -0.05) is 61.9 Å². The lowest BCUT2D eigenvalue weighted by Gasteiger charge is -2.24. The number of hydrogen-bond donors (Lipinski definition) is 3. The second-order valence-corrected chi connectivity index (χ2v) is 9.44. The van der Waals surface area contributed by atoms with Gasteiger partial charge in [0.25, 0.3) is 5.91 Å². The van der Waals surface area contributed by atoms with Gasteiger partial charge in [-0.3, -0.25) is 14.8 Å². The lowest BCUT2D eigenvalue weighted by molar-refractivity contribution is -0.129.